The Kier molecular flexibility index (Phi) is 7.11. The molecule has 3 N–H and O–H groups in total. The summed E-state index contributed by atoms with van der Waals surface area (Å²) in [6.45, 7) is 9.69. The molecule has 0 saturated carbocycles. The van der Waals surface area contributed by atoms with Crippen LogP contribution in [0.15, 0.2) is 12.2 Å². The molecule has 0 amide bonds. The van der Waals surface area contributed by atoms with E-state index in [0.717, 1.165) is 13.1 Å². The van der Waals surface area contributed by atoms with E-state index in [1.54, 1.807) is 0 Å². The summed E-state index contributed by atoms with van der Waals surface area (Å²) < 4.78 is 0. The lowest BCUT2D eigenvalue weighted by atomic mass is 10.1. The zero-order chi connectivity index (χ0) is 9.40. The third kappa shape index (κ3) is 6.38. The largest absolute Gasteiger partial charge is 0.329 e. The van der Waals surface area contributed by atoms with Gasteiger partial charge in [0, 0.05) is 19.1 Å². The minimum absolute atomic E-state index is 0.474. The van der Waals surface area contributed by atoms with Gasteiger partial charge in [-0.25, -0.2) is 0 Å². The van der Waals surface area contributed by atoms with Crippen molar-refractivity contribution in [3.05, 3.63) is 12.2 Å². The predicted octanol–water partition coefficient (Wildman–Crippen LogP) is 1.67. The van der Waals surface area contributed by atoms with Crippen LogP contribution in [0.4, 0.5) is 0 Å². The summed E-state index contributed by atoms with van der Waals surface area (Å²) >= 11 is 0. The molecule has 2 nitrogen and oxygen atoms in total. The number of hydrogen-bond acceptors (Lipinski definition) is 2. The first-order chi connectivity index (χ1) is 5.70. The Labute approximate surface area is 76.2 Å². The van der Waals surface area contributed by atoms with Gasteiger partial charge in [-0.15, -0.1) is 0 Å². The summed E-state index contributed by atoms with van der Waals surface area (Å²) in [5, 5.41) is 3.38. The average Bonchev–Trinajstić information content (AvgIpc) is 2.05. The van der Waals surface area contributed by atoms with Crippen molar-refractivity contribution in [2.45, 2.75) is 39.2 Å². The number of nitrogens with two attached hydrogens (primary N) is 1. The highest BCUT2D eigenvalue weighted by Gasteiger charge is 2.03. The first-order valence-corrected chi connectivity index (χ1v) is 4.78. The van der Waals surface area contributed by atoms with Crippen LogP contribution in [0.1, 0.15) is 33.1 Å². The first-order valence-electron chi connectivity index (χ1n) is 4.78. The van der Waals surface area contributed by atoms with Gasteiger partial charge in [0.2, 0.25) is 0 Å². The summed E-state index contributed by atoms with van der Waals surface area (Å²) in [7, 11) is 0. The molecule has 0 bridgehead atoms. The van der Waals surface area contributed by atoms with E-state index >= 15 is 0 Å². The molecule has 12 heavy (non-hydrogen) atoms. The summed E-state index contributed by atoms with van der Waals surface area (Å²) in [4.78, 5) is 0. The molecule has 0 rings (SSSR count). The zero-order valence-electron chi connectivity index (χ0n) is 8.40. The normalized spacial score (nSPS) is 12.9. The molecule has 0 saturated heterocycles. The molecule has 0 aliphatic rings. The molecule has 0 aromatic carbocycles. The van der Waals surface area contributed by atoms with Crippen LogP contribution in [-0.4, -0.2) is 19.1 Å². The average molecular weight is 170 g/mol. The quantitative estimate of drug-likeness (QED) is 0.570. The van der Waals surface area contributed by atoms with E-state index in [4.69, 9.17) is 5.73 Å². The van der Waals surface area contributed by atoms with Crippen molar-refractivity contribution in [1.29, 1.82) is 0 Å². The fourth-order valence-corrected chi connectivity index (χ4v) is 1.07. The van der Waals surface area contributed by atoms with Gasteiger partial charge in [-0.2, -0.15) is 0 Å². The van der Waals surface area contributed by atoms with Crippen molar-refractivity contribution < 1.29 is 0 Å². The van der Waals surface area contributed by atoms with Gasteiger partial charge in [-0.1, -0.05) is 31.9 Å². The van der Waals surface area contributed by atoms with Crippen molar-refractivity contribution in [2.75, 3.05) is 13.1 Å². The van der Waals surface area contributed by atoms with Crippen LogP contribution in [0.25, 0.3) is 0 Å². The number of rotatable bonds is 7. The van der Waals surface area contributed by atoms with Crippen LogP contribution in [0, 0.1) is 0 Å². The standard InChI is InChI=1S/C10H22N2/c1-4-5-6-10(7-11)12-8-9(2)3/h10,12H,2,4-8,11H2,1,3H3. The second kappa shape index (κ2) is 7.32. The Morgan fingerprint density at radius 1 is 1.58 bits per heavy atom. The number of unbranched alkanes of at least 4 members (excludes halogenated alkanes) is 1. The molecule has 0 aliphatic carbocycles. The second-order valence-electron chi connectivity index (χ2n) is 3.41. The van der Waals surface area contributed by atoms with E-state index in [1.165, 1.54) is 24.8 Å². The Balaban J connectivity index is 3.45. The lowest BCUT2D eigenvalue weighted by molar-refractivity contribution is 0.488. The summed E-state index contributed by atoms with van der Waals surface area (Å²) in [6, 6.07) is 0.474. The summed E-state index contributed by atoms with van der Waals surface area (Å²) in [5.74, 6) is 0. The van der Waals surface area contributed by atoms with Gasteiger partial charge in [0.15, 0.2) is 0 Å². The predicted molar refractivity (Wildman–Crippen MR) is 55.2 cm³/mol. The highest BCUT2D eigenvalue weighted by molar-refractivity contribution is 4.91. The van der Waals surface area contributed by atoms with E-state index in [9.17, 15) is 0 Å². The molecule has 1 atom stereocenters. The molecular weight excluding hydrogens is 148 g/mol. The highest BCUT2D eigenvalue weighted by atomic mass is 14.9. The second-order valence-corrected chi connectivity index (χ2v) is 3.41. The van der Waals surface area contributed by atoms with Gasteiger partial charge in [0.1, 0.15) is 0 Å². The van der Waals surface area contributed by atoms with Crippen LogP contribution in [0.3, 0.4) is 0 Å². The van der Waals surface area contributed by atoms with E-state index in [2.05, 4.69) is 18.8 Å². The van der Waals surface area contributed by atoms with Crippen molar-refractivity contribution in [3.8, 4) is 0 Å². The molecule has 0 heterocycles. The summed E-state index contributed by atoms with van der Waals surface area (Å²) in [6.07, 6.45) is 3.68. The van der Waals surface area contributed by atoms with E-state index < -0.39 is 0 Å². The van der Waals surface area contributed by atoms with Gasteiger partial charge >= 0.3 is 0 Å². The van der Waals surface area contributed by atoms with Crippen LogP contribution >= 0.6 is 0 Å². The molecule has 0 aliphatic heterocycles. The van der Waals surface area contributed by atoms with Crippen molar-refractivity contribution >= 4 is 0 Å². The monoisotopic (exact) mass is 170 g/mol. The SMILES string of the molecule is C=C(C)CNC(CN)CCCC. The fraction of sp³-hybridized carbons (Fsp3) is 0.800. The number of hydrogen-bond donors (Lipinski definition) is 2. The Morgan fingerprint density at radius 2 is 2.25 bits per heavy atom. The summed E-state index contributed by atoms with van der Waals surface area (Å²) in [5.41, 5.74) is 6.78. The third-order valence-corrected chi connectivity index (χ3v) is 1.88. The van der Waals surface area contributed by atoms with Crippen molar-refractivity contribution in [2.24, 2.45) is 5.73 Å². The van der Waals surface area contributed by atoms with Gasteiger partial charge < -0.3 is 11.1 Å². The minimum Gasteiger partial charge on any atom is -0.329 e. The first kappa shape index (κ1) is 11.7. The maximum Gasteiger partial charge on any atom is 0.0193 e. The molecular formula is C10H22N2. The molecule has 0 aromatic heterocycles. The smallest absolute Gasteiger partial charge is 0.0193 e. The van der Waals surface area contributed by atoms with Gasteiger partial charge in [0.25, 0.3) is 0 Å². The Morgan fingerprint density at radius 3 is 2.67 bits per heavy atom. The van der Waals surface area contributed by atoms with Crippen LogP contribution < -0.4 is 11.1 Å². The van der Waals surface area contributed by atoms with Gasteiger partial charge in [0.05, 0.1) is 0 Å². The van der Waals surface area contributed by atoms with E-state index in [-0.39, 0.29) is 0 Å². The van der Waals surface area contributed by atoms with Gasteiger partial charge in [-0.05, 0) is 13.3 Å². The fourth-order valence-electron chi connectivity index (χ4n) is 1.07. The molecule has 0 fully saturated rings. The zero-order valence-corrected chi connectivity index (χ0v) is 8.40. The number of nitrogens with one attached hydrogen (secondary N) is 1. The third-order valence-electron chi connectivity index (χ3n) is 1.88. The highest BCUT2D eigenvalue weighted by Crippen LogP contribution is 1.99. The lowest BCUT2D eigenvalue weighted by Crippen LogP contribution is -2.36. The lowest BCUT2D eigenvalue weighted by Gasteiger charge is -2.16. The molecule has 0 radical (unpaired) electrons. The maximum absolute atomic E-state index is 5.61. The maximum atomic E-state index is 5.61. The minimum atomic E-state index is 0.474. The molecule has 2 heteroatoms. The van der Waals surface area contributed by atoms with Crippen molar-refractivity contribution in [3.63, 3.8) is 0 Å². The van der Waals surface area contributed by atoms with Crippen LogP contribution in [0.5, 0.6) is 0 Å². The molecule has 72 valence electrons. The topological polar surface area (TPSA) is 38.0 Å². The van der Waals surface area contributed by atoms with Crippen molar-refractivity contribution in [1.82, 2.24) is 5.32 Å². The van der Waals surface area contributed by atoms with E-state index in [0.29, 0.717) is 6.04 Å². The molecule has 1 unspecified atom stereocenters. The Bertz CT molecular complexity index is 121. The Hall–Kier alpha value is -0.340. The van der Waals surface area contributed by atoms with E-state index in [1.807, 2.05) is 6.92 Å². The van der Waals surface area contributed by atoms with Crippen LogP contribution in [-0.2, 0) is 0 Å². The van der Waals surface area contributed by atoms with Crippen LogP contribution in [0.2, 0.25) is 0 Å². The molecule has 0 spiro atoms. The molecule has 0 aromatic rings. The van der Waals surface area contributed by atoms with Gasteiger partial charge in [-0.3, -0.25) is 0 Å².